The second kappa shape index (κ2) is 9.07. The topological polar surface area (TPSA) is 86.3 Å². The first kappa shape index (κ1) is 24.1. The van der Waals surface area contributed by atoms with Crippen LogP contribution in [-0.4, -0.2) is 16.1 Å². The molecule has 0 aliphatic carbocycles. The molecule has 2 aromatic rings. The lowest BCUT2D eigenvalue weighted by Crippen LogP contribution is -2.08. The Balaban J connectivity index is 0.000000291. The van der Waals surface area contributed by atoms with Crippen LogP contribution in [-0.2, 0) is 12.4 Å². The first-order valence-electron chi connectivity index (χ1n) is 7.09. The first-order chi connectivity index (χ1) is 13.2. The van der Waals surface area contributed by atoms with Gasteiger partial charge in [-0.05, 0) is 18.4 Å². The highest BCUT2D eigenvalue weighted by Gasteiger charge is 2.36. The van der Waals surface area contributed by atoms with Crippen molar-refractivity contribution >= 4 is 23.1 Å². The van der Waals surface area contributed by atoms with Crippen LogP contribution in [0.3, 0.4) is 0 Å². The van der Waals surface area contributed by atoms with Crippen LogP contribution < -0.4 is 0 Å². The summed E-state index contributed by atoms with van der Waals surface area (Å²) in [7, 11) is 0. The molecule has 0 amide bonds. The monoisotopic (exact) mass is 446 g/mol. The fourth-order valence-corrected chi connectivity index (χ4v) is 2.47. The van der Waals surface area contributed by atoms with Crippen molar-refractivity contribution in [1.82, 2.24) is 0 Å². The van der Waals surface area contributed by atoms with Gasteiger partial charge in [-0.1, -0.05) is 0 Å². The van der Waals surface area contributed by atoms with Crippen molar-refractivity contribution in [1.29, 1.82) is 0 Å². The third-order valence-corrected chi connectivity index (χ3v) is 3.96. The molecule has 0 aliphatic rings. The number of nitro groups is 2. The minimum absolute atomic E-state index is 0.0203. The van der Waals surface area contributed by atoms with Gasteiger partial charge in [-0.25, -0.2) is 4.39 Å². The van der Waals surface area contributed by atoms with Gasteiger partial charge in [0.1, 0.15) is 5.82 Å². The highest BCUT2D eigenvalue weighted by molar-refractivity contribution is 7.98. The van der Waals surface area contributed by atoms with Crippen molar-refractivity contribution in [2.24, 2.45) is 0 Å². The maximum atomic E-state index is 12.6. The second-order valence-corrected chi connectivity index (χ2v) is 5.91. The number of non-ortho nitro benzene ring substituents is 2. The van der Waals surface area contributed by atoms with Crippen molar-refractivity contribution < 1.29 is 40.6 Å². The number of nitro benzene ring substituents is 2. The van der Waals surface area contributed by atoms with E-state index < -0.39 is 50.5 Å². The summed E-state index contributed by atoms with van der Waals surface area (Å²) in [4.78, 5) is 18.5. The van der Waals surface area contributed by atoms with Crippen LogP contribution in [0, 0.1) is 26.0 Å². The Morgan fingerprint density at radius 3 is 1.59 bits per heavy atom. The third-order valence-electron chi connectivity index (χ3n) is 3.17. The predicted molar refractivity (Wildman–Crippen MR) is 87.9 cm³/mol. The summed E-state index contributed by atoms with van der Waals surface area (Å²) in [5, 5.41) is 20.4. The van der Waals surface area contributed by atoms with Crippen molar-refractivity contribution in [3.63, 3.8) is 0 Å². The van der Waals surface area contributed by atoms with E-state index >= 15 is 0 Å². The van der Waals surface area contributed by atoms with Crippen LogP contribution in [0.4, 0.5) is 42.1 Å². The van der Waals surface area contributed by atoms with E-state index in [4.69, 9.17) is 0 Å². The fraction of sp³-hybridized carbons (Fsp3) is 0.200. The van der Waals surface area contributed by atoms with Gasteiger partial charge < -0.3 is 0 Å². The average molecular weight is 446 g/mol. The Bertz CT molecular complexity index is 917. The van der Waals surface area contributed by atoms with Gasteiger partial charge >= 0.3 is 12.4 Å². The summed E-state index contributed by atoms with van der Waals surface area (Å²) in [6.07, 6.45) is -8.00. The first-order valence-corrected chi connectivity index (χ1v) is 8.31. The lowest BCUT2D eigenvalue weighted by molar-refractivity contribution is -0.385. The lowest BCUT2D eigenvalue weighted by Gasteiger charge is -2.10. The van der Waals surface area contributed by atoms with Crippen LogP contribution in [0.1, 0.15) is 11.1 Å². The summed E-state index contributed by atoms with van der Waals surface area (Å²) in [6.45, 7) is 0. The predicted octanol–water partition coefficient (Wildman–Crippen LogP) is 6.09. The van der Waals surface area contributed by atoms with Gasteiger partial charge in [0.05, 0.1) is 21.0 Å². The molecule has 158 valence electrons. The minimum atomic E-state index is -4.92. The number of alkyl halides is 6. The molecule has 0 radical (unpaired) electrons. The SMILES string of the molecule is CSc1ccc([N+](=O)[O-])cc1C(F)(F)F.O=[N+]([O-])c1ccc(F)c(C(F)(F)F)c1. The molecule has 0 aliphatic heterocycles. The zero-order valence-electron chi connectivity index (χ0n) is 14.0. The number of rotatable bonds is 3. The van der Waals surface area contributed by atoms with Gasteiger partial charge in [0.25, 0.3) is 11.4 Å². The minimum Gasteiger partial charge on any atom is -0.258 e. The smallest absolute Gasteiger partial charge is 0.258 e. The molecule has 0 saturated carbocycles. The fourth-order valence-electron chi connectivity index (χ4n) is 1.88. The molecule has 0 heterocycles. The molecule has 0 fully saturated rings. The number of nitrogens with zero attached hydrogens (tertiary/aromatic N) is 2. The van der Waals surface area contributed by atoms with Crippen LogP contribution in [0.15, 0.2) is 41.3 Å². The second-order valence-electron chi connectivity index (χ2n) is 5.06. The molecule has 2 aromatic carbocycles. The van der Waals surface area contributed by atoms with Crippen molar-refractivity contribution in [2.75, 3.05) is 6.26 Å². The van der Waals surface area contributed by atoms with E-state index in [-0.39, 0.29) is 11.0 Å². The summed E-state index contributed by atoms with van der Waals surface area (Å²) >= 11 is 0.900. The van der Waals surface area contributed by atoms with E-state index in [2.05, 4.69) is 0 Å². The van der Waals surface area contributed by atoms with E-state index in [1.165, 1.54) is 6.26 Å². The maximum absolute atomic E-state index is 12.6. The molecule has 0 N–H and O–H groups in total. The molecule has 0 spiro atoms. The van der Waals surface area contributed by atoms with E-state index in [9.17, 15) is 51.0 Å². The lowest BCUT2D eigenvalue weighted by atomic mass is 10.2. The molecular weight excluding hydrogens is 437 g/mol. The van der Waals surface area contributed by atoms with Gasteiger partial charge in [-0.15, -0.1) is 11.8 Å². The van der Waals surface area contributed by atoms with E-state index in [1.54, 1.807) is 0 Å². The molecular formula is C15H9F7N2O4S. The van der Waals surface area contributed by atoms with Crippen molar-refractivity contribution in [3.8, 4) is 0 Å². The maximum Gasteiger partial charge on any atom is 0.419 e. The van der Waals surface area contributed by atoms with Gasteiger partial charge in [0.2, 0.25) is 0 Å². The summed E-state index contributed by atoms with van der Waals surface area (Å²) < 4.78 is 86.0. The molecule has 14 heteroatoms. The van der Waals surface area contributed by atoms with Gasteiger partial charge in [0, 0.05) is 29.2 Å². The number of thioether (sulfide) groups is 1. The summed E-state index contributed by atoms with van der Waals surface area (Å²) in [5.41, 5.74) is -3.95. The van der Waals surface area contributed by atoms with Crippen molar-refractivity contribution in [2.45, 2.75) is 17.2 Å². The molecule has 29 heavy (non-hydrogen) atoms. The Morgan fingerprint density at radius 1 is 0.793 bits per heavy atom. The average Bonchev–Trinajstić information content (AvgIpc) is 2.60. The zero-order chi connectivity index (χ0) is 22.6. The molecule has 0 aromatic heterocycles. The Morgan fingerprint density at radius 2 is 1.21 bits per heavy atom. The van der Waals surface area contributed by atoms with Gasteiger partial charge in [0.15, 0.2) is 0 Å². The van der Waals surface area contributed by atoms with Crippen LogP contribution in [0.5, 0.6) is 0 Å². The summed E-state index contributed by atoms with van der Waals surface area (Å²) in [6, 6.07) is 3.96. The number of benzene rings is 2. The largest absolute Gasteiger partial charge is 0.419 e. The quantitative estimate of drug-likeness (QED) is 0.247. The van der Waals surface area contributed by atoms with E-state index in [0.717, 1.165) is 23.9 Å². The Hall–Kier alpha value is -2.90. The molecule has 0 atom stereocenters. The standard InChI is InChI=1S/C8H6F3NO2S.C7H3F4NO2/c1-15-7-3-2-5(12(13)14)4-6(7)8(9,10)11;8-6-2-1-4(12(13)14)3-5(6)7(9,10)11/h2-4H,1H3;1-3H. The molecule has 0 unspecified atom stereocenters. The number of hydrogen-bond donors (Lipinski definition) is 0. The van der Waals surface area contributed by atoms with E-state index in [1.807, 2.05) is 0 Å². The molecule has 2 rings (SSSR count). The number of halogens is 7. The Labute approximate surface area is 161 Å². The Kier molecular flexibility index (Phi) is 7.55. The molecule has 6 nitrogen and oxygen atoms in total. The van der Waals surface area contributed by atoms with Gasteiger partial charge in [-0.2, -0.15) is 26.3 Å². The van der Waals surface area contributed by atoms with Gasteiger partial charge in [-0.3, -0.25) is 20.2 Å². The third kappa shape index (κ3) is 6.58. The van der Waals surface area contributed by atoms with Crippen LogP contribution in [0.25, 0.3) is 0 Å². The van der Waals surface area contributed by atoms with Crippen LogP contribution >= 0.6 is 11.8 Å². The molecule has 0 saturated heterocycles. The van der Waals surface area contributed by atoms with Crippen LogP contribution in [0.2, 0.25) is 0 Å². The number of hydrogen-bond acceptors (Lipinski definition) is 5. The highest BCUT2D eigenvalue weighted by atomic mass is 32.2. The van der Waals surface area contributed by atoms with Crippen molar-refractivity contribution in [3.05, 3.63) is 73.6 Å². The van der Waals surface area contributed by atoms with E-state index in [0.29, 0.717) is 18.2 Å². The normalized spacial score (nSPS) is 11.4. The summed E-state index contributed by atoms with van der Waals surface area (Å²) in [5.74, 6) is -1.52. The highest BCUT2D eigenvalue weighted by Crippen LogP contribution is 2.38. The molecule has 0 bridgehead atoms. The zero-order valence-corrected chi connectivity index (χ0v) is 14.9.